The molecule has 2 heterocycles. The number of hydrogen-bond acceptors (Lipinski definition) is 9. The number of nitrogens with zero attached hydrogens (tertiary/aromatic N) is 2. The van der Waals surface area contributed by atoms with E-state index < -0.39 is 28.9 Å². The Morgan fingerprint density at radius 1 is 1.13 bits per heavy atom. The van der Waals surface area contributed by atoms with Crippen molar-refractivity contribution in [3.8, 4) is 0 Å². The van der Waals surface area contributed by atoms with E-state index in [0.29, 0.717) is 24.2 Å². The highest BCUT2D eigenvalue weighted by molar-refractivity contribution is 6.00. The molecule has 1 saturated heterocycles. The minimum Gasteiger partial charge on any atom is -0.459 e. The van der Waals surface area contributed by atoms with Gasteiger partial charge in [-0.1, -0.05) is 42.5 Å². The zero-order chi connectivity index (χ0) is 27.4. The number of non-ortho nitro benzene ring substituents is 1. The molecule has 3 N–H and O–H groups in total. The summed E-state index contributed by atoms with van der Waals surface area (Å²) in [6, 6.07) is 15.9. The maximum atomic E-state index is 13.6. The van der Waals surface area contributed by atoms with Gasteiger partial charge in [0, 0.05) is 37.5 Å². The molecule has 2 aliphatic heterocycles. The molecule has 0 bridgehead atoms. The van der Waals surface area contributed by atoms with Crippen LogP contribution in [0.1, 0.15) is 44.2 Å². The Hall–Kier alpha value is -4.18. The number of allylic oxidation sites excluding steroid dienone is 1. The molecule has 10 heteroatoms. The van der Waals surface area contributed by atoms with Gasteiger partial charge < -0.3 is 20.5 Å². The van der Waals surface area contributed by atoms with Gasteiger partial charge in [0.25, 0.3) is 5.69 Å². The third-order valence-electron chi connectivity index (χ3n) is 6.54. The highest BCUT2D eigenvalue weighted by Crippen LogP contribution is 2.40. The number of carbonyl (C=O) groups is 2. The van der Waals surface area contributed by atoms with E-state index in [1.165, 1.54) is 23.8 Å². The number of rotatable bonds is 8. The van der Waals surface area contributed by atoms with Gasteiger partial charge in [-0.25, -0.2) is 9.59 Å². The molecular formula is C28H32N4O6. The van der Waals surface area contributed by atoms with Gasteiger partial charge in [-0.15, -0.1) is 0 Å². The molecule has 0 radical (unpaired) electrons. The first-order valence-corrected chi connectivity index (χ1v) is 12.5. The summed E-state index contributed by atoms with van der Waals surface area (Å²) < 4.78 is 11.4. The number of esters is 2. The van der Waals surface area contributed by atoms with Crippen LogP contribution in [0.2, 0.25) is 0 Å². The first-order chi connectivity index (χ1) is 18.1. The van der Waals surface area contributed by atoms with Gasteiger partial charge in [0.1, 0.15) is 11.9 Å². The Morgan fingerprint density at radius 3 is 2.55 bits per heavy atom. The molecule has 1 fully saturated rings. The van der Waals surface area contributed by atoms with Crippen LogP contribution in [-0.2, 0) is 25.6 Å². The molecule has 0 saturated carbocycles. The van der Waals surface area contributed by atoms with Crippen molar-refractivity contribution in [3.63, 3.8) is 0 Å². The average Bonchev–Trinajstić information content (AvgIpc) is 3.30. The number of dihydropyridines is 1. The van der Waals surface area contributed by atoms with Crippen LogP contribution in [0, 0.1) is 10.1 Å². The Labute approximate surface area is 221 Å². The molecule has 4 rings (SSSR count). The second kappa shape index (κ2) is 11.5. The topological polar surface area (TPSA) is 137 Å². The number of benzene rings is 2. The van der Waals surface area contributed by atoms with Crippen LogP contribution >= 0.6 is 0 Å². The van der Waals surface area contributed by atoms with Crippen LogP contribution in [0.3, 0.4) is 0 Å². The quantitative estimate of drug-likeness (QED) is 0.304. The largest absolute Gasteiger partial charge is 0.459 e. The number of nitro groups is 1. The molecule has 200 valence electrons. The number of likely N-dealkylation sites (tertiary alicyclic amines) is 1. The zero-order valence-corrected chi connectivity index (χ0v) is 21.7. The van der Waals surface area contributed by atoms with Gasteiger partial charge >= 0.3 is 11.9 Å². The van der Waals surface area contributed by atoms with E-state index in [4.69, 9.17) is 15.2 Å². The predicted molar refractivity (Wildman–Crippen MR) is 140 cm³/mol. The van der Waals surface area contributed by atoms with Crippen LogP contribution in [0.15, 0.2) is 77.3 Å². The monoisotopic (exact) mass is 520 g/mol. The molecule has 10 nitrogen and oxygen atoms in total. The molecule has 0 amide bonds. The first kappa shape index (κ1) is 26.9. The predicted octanol–water partition coefficient (Wildman–Crippen LogP) is 3.50. The van der Waals surface area contributed by atoms with Crippen molar-refractivity contribution in [1.82, 2.24) is 10.2 Å². The normalized spacial score (nSPS) is 19.9. The van der Waals surface area contributed by atoms with Crippen LogP contribution < -0.4 is 11.1 Å². The maximum Gasteiger partial charge on any atom is 0.338 e. The Bertz CT molecular complexity index is 1290. The van der Waals surface area contributed by atoms with Crippen LogP contribution in [0.4, 0.5) is 5.69 Å². The van der Waals surface area contributed by atoms with E-state index in [9.17, 15) is 19.7 Å². The number of nitrogens with two attached hydrogens (primary N) is 1. The van der Waals surface area contributed by atoms with Crippen LogP contribution in [-0.4, -0.2) is 47.1 Å². The molecule has 2 atom stereocenters. The summed E-state index contributed by atoms with van der Waals surface area (Å²) >= 11 is 0. The van der Waals surface area contributed by atoms with Crippen molar-refractivity contribution in [3.05, 3.63) is 98.5 Å². The molecule has 2 unspecified atom stereocenters. The van der Waals surface area contributed by atoms with Crippen LogP contribution in [0.25, 0.3) is 0 Å². The summed E-state index contributed by atoms with van der Waals surface area (Å²) in [5, 5.41) is 14.4. The lowest BCUT2D eigenvalue weighted by atomic mass is 9.81. The summed E-state index contributed by atoms with van der Waals surface area (Å²) in [5.41, 5.74) is 8.18. The number of hydrogen-bond donors (Lipinski definition) is 2. The highest BCUT2D eigenvalue weighted by atomic mass is 16.6. The van der Waals surface area contributed by atoms with Crippen molar-refractivity contribution < 1.29 is 24.0 Å². The van der Waals surface area contributed by atoms with Crippen molar-refractivity contribution in [2.24, 2.45) is 5.73 Å². The lowest BCUT2D eigenvalue weighted by Gasteiger charge is -2.31. The molecular weight excluding hydrogens is 488 g/mol. The molecule has 0 aromatic heterocycles. The number of nitro benzene ring substituents is 1. The third kappa shape index (κ3) is 6.03. The fourth-order valence-electron chi connectivity index (χ4n) is 4.87. The van der Waals surface area contributed by atoms with Crippen molar-refractivity contribution in [2.45, 2.75) is 51.9 Å². The first-order valence-electron chi connectivity index (χ1n) is 12.5. The number of nitrogens with one attached hydrogen (secondary N) is 1. The standard InChI is InChI=1S/C28H32N4O6/c1-17(2)37-28(34)25-24(20-10-7-11-21(14-20)32(35)36)23(18(3)30-26(25)29)27(33)38-22-12-13-31(16-22)15-19-8-5-4-6-9-19/h4-11,14,17,22,24,30H,12-13,15-16,29H2,1-3H3. The molecule has 2 aromatic carbocycles. The summed E-state index contributed by atoms with van der Waals surface area (Å²) in [6.45, 7) is 7.15. The van der Waals surface area contributed by atoms with Crippen molar-refractivity contribution in [2.75, 3.05) is 13.1 Å². The lowest BCUT2D eigenvalue weighted by Crippen LogP contribution is -2.37. The van der Waals surface area contributed by atoms with E-state index in [1.807, 2.05) is 18.2 Å². The molecule has 38 heavy (non-hydrogen) atoms. The highest BCUT2D eigenvalue weighted by Gasteiger charge is 2.40. The Kier molecular flexibility index (Phi) is 8.11. The Balaban J connectivity index is 1.62. The van der Waals surface area contributed by atoms with Gasteiger partial charge in [0.15, 0.2) is 0 Å². The molecule has 0 aliphatic carbocycles. The SMILES string of the molecule is CC1=C(C(=O)OC2CCN(Cc3ccccc3)C2)C(c2cccc([N+](=O)[O-])c2)C(C(=O)OC(C)C)=C(N)N1. The van der Waals surface area contributed by atoms with Crippen LogP contribution in [0.5, 0.6) is 0 Å². The van der Waals surface area contributed by atoms with E-state index in [-0.39, 0.29) is 28.8 Å². The van der Waals surface area contributed by atoms with E-state index in [0.717, 1.165) is 13.1 Å². The molecule has 2 aromatic rings. The van der Waals surface area contributed by atoms with E-state index >= 15 is 0 Å². The van der Waals surface area contributed by atoms with E-state index in [1.54, 1.807) is 26.8 Å². The summed E-state index contributed by atoms with van der Waals surface area (Å²) in [7, 11) is 0. The average molecular weight is 521 g/mol. The summed E-state index contributed by atoms with van der Waals surface area (Å²) in [5.74, 6) is -2.30. The summed E-state index contributed by atoms with van der Waals surface area (Å²) in [6.07, 6.45) is -0.114. The lowest BCUT2D eigenvalue weighted by molar-refractivity contribution is -0.384. The fourth-order valence-corrected chi connectivity index (χ4v) is 4.87. The van der Waals surface area contributed by atoms with Gasteiger partial charge in [0.05, 0.1) is 28.1 Å². The van der Waals surface area contributed by atoms with Gasteiger partial charge in [0.2, 0.25) is 0 Å². The Morgan fingerprint density at radius 2 is 1.87 bits per heavy atom. The third-order valence-corrected chi connectivity index (χ3v) is 6.54. The van der Waals surface area contributed by atoms with Gasteiger partial charge in [-0.05, 0) is 38.3 Å². The minimum atomic E-state index is -1.00. The van der Waals surface area contributed by atoms with Gasteiger partial charge in [-0.3, -0.25) is 15.0 Å². The fraction of sp³-hybridized carbons (Fsp3) is 0.357. The summed E-state index contributed by atoms with van der Waals surface area (Å²) in [4.78, 5) is 40.0. The molecule has 2 aliphatic rings. The van der Waals surface area contributed by atoms with Crippen molar-refractivity contribution >= 4 is 17.6 Å². The second-order valence-corrected chi connectivity index (χ2v) is 9.77. The molecule has 0 spiro atoms. The zero-order valence-electron chi connectivity index (χ0n) is 21.7. The number of carbonyl (C=O) groups excluding carboxylic acids is 2. The minimum absolute atomic E-state index is 0.00822. The van der Waals surface area contributed by atoms with Gasteiger partial charge in [-0.2, -0.15) is 0 Å². The second-order valence-electron chi connectivity index (χ2n) is 9.77. The smallest absolute Gasteiger partial charge is 0.338 e. The van der Waals surface area contributed by atoms with E-state index in [2.05, 4.69) is 22.3 Å². The maximum absolute atomic E-state index is 13.6. The van der Waals surface area contributed by atoms with Crippen molar-refractivity contribution in [1.29, 1.82) is 0 Å². The number of ether oxygens (including phenoxy) is 2.